The fourth-order valence-corrected chi connectivity index (χ4v) is 1.84. The summed E-state index contributed by atoms with van der Waals surface area (Å²) < 4.78 is 5.34. The molecule has 0 aliphatic heterocycles. The molecule has 2 N–H and O–H groups in total. The van der Waals surface area contributed by atoms with Crippen LogP contribution in [-0.4, -0.2) is 19.2 Å². The lowest BCUT2D eigenvalue weighted by Gasteiger charge is -2.14. The largest absolute Gasteiger partial charge is 0.496 e. The van der Waals surface area contributed by atoms with E-state index in [1.807, 2.05) is 26.0 Å². The summed E-state index contributed by atoms with van der Waals surface area (Å²) >= 11 is 0. The number of rotatable bonds is 5. The summed E-state index contributed by atoms with van der Waals surface area (Å²) in [5.74, 6) is 1.28. The maximum absolute atomic E-state index is 11.5. The van der Waals surface area contributed by atoms with Crippen LogP contribution in [0.15, 0.2) is 18.2 Å². The molecule has 0 aliphatic rings. The molecule has 19 heavy (non-hydrogen) atoms. The van der Waals surface area contributed by atoms with Gasteiger partial charge in [-0.25, -0.2) is 4.79 Å². The zero-order valence-electron chi connectivity index (χ0n) is 12.4. The summed E-state index contributed by atoms with van der Waals surface area (Å²) in [6, 6.07) is 6.01. The Morgan fingerprint density at radius 2 is 1.95 bits per heavy atom. The summed E-state index contributed by atoms with van der Waals surface area (Å²) in [5.41, 5.74) is 2.23. The summed E-state index contributed by atoms with van der Waals surface area (Å²) in [5, 5.41) is 5.64. The number of benzene rings is 1. The molecule has 0 spiro atoms. The maximum atomic E-state index is 11.5. The minimum absolute atomic E-state index is 0.141. The fraction of sp³-hybridized carbons (Fsp3) is 0.533. The number of carbonyl (C=O) groups excluding carboxylic acids is 1. The number of nitrogens with one attached hydrogen (secondary N) is 2. The van der Waals surface area contributed by atoms with Crippen molar-refractivity contribution < 1.29 is 9.53 Å². The topological polar surface area (TPSA) is 50.4 Å². The van der Waals surface area contributed by atoms with Crippen LogP contribution in [-0.2, 0) is 6.54 Å². The molecule has 0 saturated carbocycles. The quantitative estimate of drug-likeness (QED) is 0.859. The van der Waals surface area contributed by atoms with Crippen LogP contribution in [0.1, 0.15) is 44.7 Å². The minimum atomic E-state index is -0.142. The molecule has 0 fully saturated rings. The van der Waals surface area contributed by atoms with Crippen molar-refractivity contribution in [1.82, 2.24) is 10.6 Å². The molecule has 2 amide bonds. The molecule has 0 radical (unpaired) electrons. The molecule has 0 aliphatic carbocycles. The van der Waals surface area contributed by atoms with Gasteiger partial charge < -0.3 is 15.4 Å². The van der Waals surface area contributed by atoms with E-state index in [-0.39, 0.29) is 12.1 Å². The first kappa shape index (κ1) is 15.3. The SMILES string of the molecule is COc1ccc(CNC(=O)NC(C)C)cc1C(C)C. The van der Waals surface area contributed by atoms with Crippen LogP contribution >= 0.6 is 0 Å². The highest BCUT2D eigenvalue weighted by Crippen LogP contribution is 2.27. The van der Waals surface area contributed by atoms with Crippen LogP contribution in [0.4, 0.5) is 4.79 Å². The number of amides is 2. The van der Waals surface area contributed by atoms with E-state index in [0.717, 1.165) is 16.9 Å². The fourth-order valence-electron chi connectivity index (χ4n) is 1.84. The maximum Gasteiger partial charge on any atom is 0.315 e. The first-order valence-corrected chi connectivity index (χ1v) is 6.65. The second kappa shape index (κ2) is 7.02. The summed E-state index contributed by atoms with van der Waals surface area (Å²) in [4.78, 5) is 11.5. The summed E-state index contributed by atoms with van der Waals surface area (Å²) in [7, 11) is 1.68. The number of ether oxygens (including phenoxy) is 1. The molecule has 0 aromatic heterocycles. The highest BCUT2D eigenvalue weighted by atomic mass is 16.5. The molecule has 1 rings (SSSR count). The molecule has 106 valence electrons. The molecule has 4 nitrogen and oxygen atoms in total. The van der Waals surface area contributed by atoms with Gasteiger partial charge in [0.1, 0.15) is 5.75 Å². The Bertz CT molecular complexity index is 428. The van der Waals surface area contributed by atoms with Gasteiger partial charge in [0.2, 0.25) is 0 Å². The third kappa shape index (κ3) is 4.81. The number of hydrogen-bond acceptors (Lipinski definition) is 2. The lowest BCUT2D eigenvalue weighted by molar-refractivity contribution is 0.238. The average molecular weight is 264 g/mol. The zero-order chi connectivity index (χ0) is 14.4. The zero-order valence-corrected chi connectivity index (χ0v) is 12.4. The van der Waals surface area contributed by atoms with Crippen molar-refractivity contribution >= 4 is 6.03 Å². The summed E-state index contributed by atoms with van der Waals surface area (Å²) in [6.07, 6.45) is 0. The van der Waals surface area contributed by atoms with Crippen molar-refractivity contribution in [3.8, 4) is 5.75 Å². The van der Waals surface area contributed by atoms with Crippen molar-refractivity contribution in [1.29, 1.82) is 0 Å². The van der Waals surface area contributed by atoms with Crippen molar-refractivity contribution in [3.63, 3.8) is 0 Å². The molecule has 1 aromatic rings. The van der Waals surface area contributed by atoms with E-state index in [9.17, 15) is 4.79 Å². The highest BCUT2D eigenvalue weighted by molar-refractivity contribution is 5.74. The van der Waals surface area contributed by atoms with Gasteiger partial charge in [0.15, 0.2) is 0 Å². The second-order valence-electron chi connectivity index (χ2n) is 5.21. The number of urea groups is 1. The van der Waals surface area contributed by atoms with Crippen LogP contribution in [0.2, 0.25) is 0 Å². The normalized spacial score (nSPS) is 10.7. The van der Waals surface area contributed by atoms with E-state index >= 15 is 0 Å². The van der Waals surface area contributed by atoms with Crippen LogP contribution in [0.5, 0.6) is 5.75 Å². The van der Waals surface area contributed by atoms with E-state index in [4.69, 9.17) is 4.74 Å². The van der Waals surface area contributed by atoms with Gasteiger partial charge in [-0.3, -0.25) is 0 Å². The highest BCUT2D eigenvalue weighted by Gasteiger charge is 2.09. The van der Waals surface area contributed by atoms with Crippen LogP contribution in [0.3, 0.4) is 0 Å². The Balaban J connectivity index is 2.69. The van der Waals surface area contributed by atoms with E-state index in [2.05, 4.69) is 30.5 Å². The molecule has 1 aromatic carbocycles. The standard InChI is InChI=1S/C15H24N2O2/c1-10(2)13-8-12(6-7-14(13)19-5)9-16-15(18)17-11(3)4/h6-8,10-11H,9H2,1-5H3,(H2,16,17,18). The molecular weight excluding hydrogens is 240 g/mol. The van der Waals surface area contributed by atoms with Gasteiger partial charge in [0.05, 0.1) is 7.11 Å². The van der Waals surface area contributed by atoms with Gasteiger partial charge in [0.25, 0.3) is 0 Å². The first-order chi connectivity index (χ1) is 8.93. The van der Waals surface area contributed by atoms with Gasteiger partial charge in [-0.05, 0) is 37.0 Å². The van der Waals surface area contributed by atoms with Gasteiger partial charge in [-0.1, -0.05) is 26.0 Å². The van der Waals surface area contributed by atoms with Gasteiger partial charge >= 0.3 is 6.03 Å². The third-order valence-corrected chi connectivity index (χ3v) is 2.79. The lowest BCUT2D eigenvalue weighted by Crippen LogP contribution is -2.39. The van der Waals surface area contributed by atoms with E-state index in [1.165, 1.54) is 0 Å². The molecule has 0 saturated heterocycles. The van der Waals surface area contributed by atoms with E-state index in [1.54, 1.807) is 7.11 Å². The Morgan fingerprint density at radius 1 is 1.26 bits per heavy atom. The Hall–Kier alpha value is -1.71. The minimum Gasteiger partial charge on any atom is -0.496 e. The number of hydrogen-bond donors (Lipinski definition) is 2. The van der Waals surface area contributed by atoms with Crippen molar-refractivity contribution in [2.75, 3.05) is 7.11 Å². The second-order valence-corrected chi connectivity index (χ2v) is 5.21. The Labute approximate surface area is 115 Å². The van der Waals surface area contributed by atoms with Crippen molar-refractivity contribution in [2.24, 2.45) is 0 Å². The van der Waals surface area contributed by atoms with Gasteiger partial charge in [0, 0.05) is 12.6 Å². The number of carbonyl (C=O) groups is 1. The molecular formula is C15H24N2O2. The van der Waals surface area contributed by atoms with Crippen LogP contribution in [0.25, 0.3) is 0 Å². The van der Waals surface area contributed by atoms with Crippen molar-refractivity contribution in [3.05, 3.63) is 29.3 Å². The average Bonchev–Trinajstić information content (AvgIpc) is 2.35. The number of methoxy groups -OCH3 is 1. The van der Waals surface area contributed by atoms with Crippen LogP contribution in [0, 0.1) is 0 Å². The predicted octanol–water partition coefficient (Wildman–Crippen LogP) is 3.03. The Morgan fingerprint density at radius 3 is 2.47 bits per heavy atom. The first-order valence-electron chi connectivity index (χ1n) is 6.65. The molecule has 0 heterocycles. The third-order valence-electron chi connectivity index (χ3n) is 2.79. The van der Waals surface area contributed by atoms with E-state index < -0.39 is 0 Å². The van der Waals surface area contributed by atoms with Gasteiger partial charge in [-0.15, -0.1) is 0 Å². The summed E-state index contributed by atoms with van der Waals surface area (Å²) in [6.45, 7) is 8.64. The smallest absolute Gasteiger partial charge is 0.315 e. The molecule has 0 atom stereocenters. The van der Waals surface area contributed by atoms with E-state index in [0.29, 0.717) is 12.5 Å². The predicted molar refractivity (Wildman–Crippen MR) is 77.6 cm³/mol. The van der Waals surface area contributed by atoms with Crippen LogP contribution < -0.4 is 15.4 Å². The monoisotopic (exact) mass is 264 g/mol. The molecule has 4 heteroatoms. The van der Waals surface area contributed by atoms with Gasteiger partial charge in [-0.2, -0.15) is 0 Å². The Kier molecular flexibility index (Phi) is 5.67. The molecule has 0 unspecified atom stereocenters. The van der Waals surface area contributed by atoms with Crippen molar-refractivity contribution in [2.45, 2.75) is 46.2 Å². The molecule has 0 bridgehead atoms. The lowest BCUT2D eigenvalue weighted by atomic mass is 9.99.